The number of aryl methyl sites for hydroxylation is 1. The van der Waals surface area contributed by atoms with Gasteiger partial charge < -0.3 is 20.4 Å². The minimum Gasteiger partial charge on any atom is -0.351 e. The highest BCUT2D eigenvalue weighted by Gasteiger charge is 2.25. The molecule has 2 aromatic rings. The molecule has 1 aliphatic heterocycles. The van der Waals surface area contributed by atoms with E-state index in [0.717, 1.165) is 24.0 Å². The summed E-state index contributed by atoms with van der Waals surface area (Å²) in [7, 11) is 3.65. The Labute approximate surface area is 210 Å². The van der Waals surface area contributed by atoms with Gasteiger partial charge in [-0.25, -0.2) is 9.78 Å². The molecule has 2 N–H and O–H groups in total. The van der Waals surface area contributed by atoms with Gasteiger partial charge in [0.1, 0.15) is 5.82 Å². The number of hydrogen-bond acceptors (Lipinski definition) is 5. The van der Waals surface area contributed by atoms with Gasteiger partial charge in [0.2, 0.25) is 5.91 Å². The third-order valence-corrected chi connectivity index (χ3v) is 7.22. The third kappa shape index (κ3) is 6.67. The molecule has 2 heterocycles. The summed E-state index contributed by atoms with van der Waals surface area (Å²) < 4.78 is 0. The molecule has 7 nitrogen and oxygen atoms in total. The lowest BCUT2D eigenvalue weighted by Gasteiger charge is -2.23. The zero-order chi connectivity index (χ0) is 25.0. The van der Waals surface area contributed by atoms with Crippen LogP contribution in [0.5, 0.6) is 0 Å². The normalized spacial score (nSPS) is 15.7. The van der Waals surface area contributed by atoms with Crippen LogP contribution in [0.3, 0.4) is 0 Å². The molecule has 0 fully saturated rings. The zero-order valence-corrected chi connectivity index (χ0v) is 22.0. The van der Waals surface area contributed by atoms with Crippen LogP contribution in [0.25, 0.3) is 0 Å². The fraction of sp³-hybridized carbons (Fsp3) is 0.400. The molecular formula is C25H32ClN5O2S. The van der Waals surface area contributed by atoms with Crippen LogP contribution < -0.4 is 15.5 Å². The Balaban J connectivity index is 1.55. The van der Waals surface area contributed by atoms with Crippen LogP contribution in [0.15, 0.2) is 47.6 Å². The SMILES string of the molecule is CC(=O)N(C)c1cc(CCC2=CN(C)C(NC(=O)Nc3cc(C(C)(C)C)ccc3Cl)S2)ccn1. The van der Waals surface area contributed by atoms with Crippen LogP contribution in [-0.4, -0.2) is 41.4 Å². The minimum atomic E-state index is -0.307. The summed E-state index contributed by atoms with van der Waals surface area (Å²) in [6, 6.07) is 9.30. The summed E-state index contributed by atoms with van der Waals surface area (Å²) in [5.74, 6) is 0.583. The Bertz CT molecular complexity index is 1100. The van der Waals surface area contributed by atoms with E-state index in [4.69, 9.17) is 11.6 Å². The van der Waals surface area contributed by atoms with E-state index in [1.165, 1.54) is 16.7 Å². The predicted molar refractivity (Wildman–Crippen MR) is 141 cm³/mol. The topological polar surface area (TPSA) is 77.6 Å². The fourth-order valence-electron chi connectivity index (χ4n) is 3.39. The summed E-state index contributed by atoms with van der Waals surface area (Å²) >= 11 is 7.92. The number of anilines is 2. The Kier molecular flexibility index (Phi) is 8.15. The number of benzene rings is 1. The van der Waals surface area contributed by atoms with Gasteiger partial charge in [0.05, 0.1) is 10.7 Å². The van der Waals surface area contributed by atoms with Crippen molar-refractivity contribution in [2.45, 2.75) is 51.4 Å². The molecule has 0 bridgehead atoms. The summed E-state index contributed by atoms with van der Waals surface area (Å²) in [5.41, 5.74) is 2.53. The van der Waals surface area contributed by atoms with E-state index in [9.17, 15) is 9.59 Å². The van der Waals surface area contributed by atoms with E-state index >= 15 is 0 Å². The second-order valence-electron chi connectivity index (χ2n) is 9.37. The zero-order valence-electron chi connectivity index (χ0n) is 20.5. The highest BCUT2D eigenvalue weighted by atomic mass is 35.5. The van der Waals surface area contributed by atoms with Gasteiger partial charge in [-0.1, -0.05) is 50.2 Å². The van der Waals surface area contributed by atoms with Crippen LogP contribution in [-0.2, 0) is 16.6 Å². The molecule has 182 valence electrons. The van der Waals surface area contributed by atoms with Crippen LogP contribution in [0.4, 0.5) is 16.3 Å². The van der Waals surface area contributed by atoms with E-state index in [0.29, 0.717) is 16.5 Å². The van der Waals surface area contributed by atoms with Crippen molar-refractivity contribution < 1.29 is 9.59 Å². The summed E-state index contributed by atoms with van der Waals surface area (Å²) in [6.45, 7) is 7.87. The number of allylic oxidation sites excluding steroid dienone is 1. The lowest BCUT2D eigenvalue weighted by atomic mass is 9.87. The van der Waals surface area contributed by atoms with Gasteiger partial charge in [0.15, 0.2) is 5.50 Å². The Hall–Kier alpha value is -2.71. The minimum absolute atomic E-state index is 0.0467. The van der Waals surface area contributed by atoms with Gasteiger partial charge in [-0.2, -0.15) is 0 Å². The molecule has 1 aromatic carbocycles. The van der Waals surface area contributed by atoms with Gasteiger partial charge in [0.25, 0.3) is 0 Å². The number of rotatable bonds is 6. The molecule has 1 aliphatic rings. The van der Waals surface area contributed by atoms with E-state index in [-0.39, 0.29) is 22.9 Å². The smallest absolute Gasteiger partial charge is 0.321 e. The lowest BCUT2D eigenvalue weighted by Crippen LogP contribution is -2.42. The summed E-state index contributed by atoms with van der Waals surface area (Å²) in [5, 5.41) is 6.39. The number of halogens is 1. The number of amides is 3. The monoisotopic (exact) mass is 501 g/mol. The molecule has 0 aliphatic carbocycles. The summed E-state index contributed by atoms with van der Waals surface area (Å²) in [4.78, 5) is 33.2. The maximum absolute atomic E-state index is 12.7. The average molecular weight is 502 g/mol. The van der Waals surface area contributed by atoms with Crippen LogP contribution in [0.1, 0.15) is 45.2 Å². The molecule has 1 atom stereocenters. The molecule has 0 saturated heterocycles. The predicted octanol–water partition coefficient (Wildman–Crippen LogP) is 5.57. The number of hydrogen-bond donors (Lipinski definition) is 2. The van der Waals surface area contributed by atoms with Gasteiger partial charge in [0, 0.05) is 38.3 Å². The maximum Gasteiger partial charge on any atom is 0.321 e. The van der Waals surface area contributed by atoms with E-state index < -0.39 is 0 Å². The van der Waals surface area contributed by atoms with Crippen molar-refractivity contribution >= 4 is 46.8 Å². The van der Waals surface area contributed by atoms with Gasteiger partial charge in [-0.15, -0.1) is 0 Å². The van der Waals surface area contributed by atoms with Crippen molar-refractivity contribution in [1.82, 2.24) is 15.2 Å². The van der Waals surface area contributed by atoms with E-state index in [1.807, 2.05) is 48.5 Å². The Morgan fingerprint density at radius 2 is 1.94 bits per heavy atom. The Morgan fingerprint density at radius 3 is 2.62 bits per heavy atom. The summed E-state index contributed by atoms with van der Waals surface area (Å²) in [6.07, 6.45) is 5.40. The first-order chi connectivity index (χ1) is 15.9. The molecule has 34 heavy (non-hydrogen) atoms. The van der Waals surface area contributed by atoms with Gasteiger partial charge in [-0.3, -0.25) is 4.79 Å². The molecule has 0 spiro atoms. The number of thioether (sulfide) groups is 1. The van der Waals surface area contributed by atoms with Crippen molar-refractivity contribution in [3.63, 3.8) is 0 Å². The maximum atomic E-state index is 12.7. The second kappa shape index (κ2) is 10.7. The largest absolute Gasteiger partial charge is 0.351 e. The number of aromatic nitrogens is 1. The molecule has 0 saturated carbocycles. The fourth-order valence-corrected chi connectivity index (χ4v) is 4.68. The first-order valence-corrected chi connectivity index (χ1v) is 12.4. The van der Waals surface area contributed by atoms with Crippen LogP contribution >= 0.6 is 23.4 Å². The van der Waals surface area contributed by atoms with Crippen LogP contribution in [0.2, 0.25) is 5.02 Å². The first-order valence-electron chi connectivity index (χ1n) is 11.1. The lowest BCUT2D eigenvalue weighted by molar-refractivity contribution is -0.116. The third-order valence-electron chi connectivity index (χ3n) is 5.60. The first kappa shape index (κ1) is 25.9. The number of carbonyl (C=O) groups excluding carboxylic acids is 2. The van der Waals surface area contributed by atoms with Crippen molar-refractivity contribution in [3.8, 4) is 0 Å². The van der Waals surface area contributed by atoms with E-state index in [1.54, 1.807) is 25.0 Å². The van der Waals surface area contributed by atoms with Gasteiger partial charge in [-0.05, 0) is 53.6 Å². The van der Waals surface area contributed by atoms with Crippen molar-refractivity contribution in [2.24, 2.45) is 0 Å². The number of carbonyl (C=O) groups is 2. The highest BCUT2D eigenvalue weighted by Crippen LogP contribution is 2.34. The number of nitrogens with one attached hydrogen (secondary N) is 2. The van der Waals surface area contributed by atoms with Crippen molar-refractivity contribution in [2.75, 3.05) is 24.3 Å². The van der Waals surface area contributed by atoms with E-state index in [2.05, 4.69) is 36.4 Å². The molecule has 9 heteroatoms. The number of nitrogens with zero attached hydrogens (tertiary/aromatic N) is 3. The molecule has 3 rings (SSSR count). The average Bonchev–Trinajstić information content (AvgIpc) is 3.11. The van der Waals surface area contributed by atoms with Crippen molar-refractivity contribution in [3.05, 3.63) is 63.8 Å². The molecule has 3 amide bonds. The van der Waals surface area contributed by atoms with Crippen molar-refractivity contribution in [1.29, 1.82) is 0 Å². The Morgan fingerprint density at radius 1 is 1.21 bits per heavy atom. The second-order valence-corrected chi connectivity index (χ2v) is 11.0. The molecular weight excluding hydrogens is 470 g/mol. The standard InChI is InChI=1S/C25H32ClN5O2S/c1-16(32)31(6)22-13-17(11-12-27-22)7-9-19-15-30(5)24(34-19)29-23(33)28-21-14-18(25(2,3)4)8-10-20(21)26/h8,10-15,24H,7,9H2,1-6H3,(H2,28,29,33). The number of urea groups is 1. The molecule has 0 radical (unpaired) electrons. The quantitative estimate of drug-likeness (QED) is 0.540. The number of pyridine rings is 1. The van der Waals surface area contributed by atoms with Gasteiger partial charge >= 0.3 is 6.03 Å². The molecule has 1 aromatic heterocycles. The van der Waals surface area contributed by atoms with Crippen LogP contribution in [0, 0.1) is 0 Å². The molecule has 1 unspecified atom stereocenters. The highest BCUT2D eigenvalue weighted by molar-refractivity contribution is 8.03.